The Morgan fingerprint density at radius 2 is 1.94 bits per heavy atom. The molecule has 17 heavy (non-hydrogen) atoms. The minimum absolute atomic E-state index is 0.102. The average Bonchev–Trinajstić information content (AvgIpc) is 2.34. The summed E-state index contributed by atoms with van der Waals surface area (Å²) in [6, 6.07) is 7.29. The summed E-state index contributed by atoms with van der Waals surface area (Å²) in [5.41, 5.74) is 1.72. The highest BCUT2D eigenvalue weighted by atomic mass is 16.3. The van der Waals surface area contributed by atoms with Crippen molar-refractivity contribution in [3.05, 3.63) is 29.8 Å². The SMILES string of the molecule is O=C1NCCN(c2ccc(CCO)cc2)C1=O. The molecular weight excluding hydrogens is 220 g/mol. The van der Waals surface area contributed by atoms with Crippen LogP contribution in [0.3, 0.4) is 0 Å². The summed E-state index contributed by atoms with van der Waals surface area (Å²) in [6.45, 7) is 1.07. The first kappa shape index (κ1) is 11.6. The van der Waals surface area contributed by atoms with Crippen LogP contribution in [0.2, 0.25) is 0 Å². The van der Waals surface area contributed by atoms with Crippen LogP contribution < -0.4 is 10.2 Å². The summed E-state index contributed by atoms with van der Waals surface area (Å²) >= 11 is 0. The third-order valence-corrected chi connectivity index (χ3v) is 2.71. The van der Waals surface area contributed by atoms with Gasteiger partial charge >= 0.3 is 11.8 Å². The molecule has 1 aromatic rings. The number of amides is 2. The minimum atomic E-state index is -0.560. The largest absolute Gasteiger partial charge is 0.396 e. The fraction of sp³-hybridized carbons (Fsp3) is 0.333. The Kier molecular flexibility index (Phi) is 3.39. The van der Waals surface area contributed by atoms with Gasteiger partial charge in [-0.2, -0.15) is 0 Å². The van der Waals surface area contributed by atoms with Gasteiger partial charge in [0.2, 0.25) is 0 Å². The van der Waals surface area contributed by atoms with Crippen LogP contribution in [0.1, 0.15) is 5.56 Å². The predicted molar refractivity (Wildman–Crippen MR) is 62.6 cm³/mol. The van der Waals surface area contributed by atoms with Crippen molar-refractivity contribution in [2.45, 2.75) is 6.42 Å². The van der Waals surface area contributed by atoms with Gasteiger partial charge in [-0.1, -0.05) is 12.1 Å². The Morgan fingerprint density at radius 3 is 2.59 bits per heavy atom. The number of hydrogen-bond acceptors (Lipinski definition) is 3. The van der Waals surface area contributed by atoms with Crippen LogP contribution in [0.25, 0.3) is 0 Å². The first-order valence-electron chi connectivity index (χ1n) is 5.52. The molecule has 2 amide bonds. The summed E-state index contributed by atoms with van der Waals surface area (Å²) in [6.07, 6.45) is 0.592. The van der Waals surface area contributed by atoms with E-state index in [0.717, 1.165) is 5.56 Å². The van der Waals surface area contributed by atoms with Gasteiger partial charge in [-0.3, -0.25) is 9.59 Å². The lowest BCUT2D eigenvalue weighted by Gasteiger charge is -2.26. The molecule has 0 bridgehead atoms. The molecule has 1 aliphatic heterocycles. The highest BCUT2D eigenvalue weighted by Crippen LogP contribution is 2.16. The molecule has 0 aliphatic carbocycles. The fourth-order valence-corrected chi connectivity index (χ4v) is 1.80. The zero-order valence-electron chi connectivity index (χ0n) is 9.35. The highest BCUT2D eigenvalue weighted by molar-refractivity contribution is 6.41. The zero-order chi connectivity index (χ0) is 12.3. The maximum atomic E-state index is 11.6. The van der Waals surface area contributed by atoms with E-state index in [1.165, 1.54) is 4.90 Å². The summed E-state index contributed by atoms with van der Waals surface area (Å²) in [7, 11) is 0. The van der Waals surface area contributed by atoms with Gasteiger partial charge in [0, 0.05) is 25.4 Å². The van der Waals surface area contributed by atoms with Gasteiger partial charge in [0.05, 0.1) is 0 Å². The Hall–Kier alpha value is -1.88. The lowest BCUT2D eigenvalue weighted by atomic mass is 10.1. The van der Waals surface area contributed by atoms with Crippen molar-refractivity contribution in [3.8, 4) is 0 Å². The molecule has 2 rings (SSSR count). The Morgan fingerprint density at radius 1 is 1.24 bits per heavy atom. The Labute approximate surface area is 99.0 Å². The van der Waals surface area contributed by atoms with Crippen molar-refractivity contribution in [1.29, 1.82) is 0 Å². The second-order valence-corrected chi connectivity index (χ2v) is 3.85. The van der Waals surface area contributed by atoms with Gasteiger partial charge in [-0.15, -0.1) is 0 Å². The van der Waals surface area contributed by atoms with E-state index in [2.05, 4.69) is 5.32 Å². The number of nitrogens with one attached hydrogen (secondary N) is 1. The summed E-state index contributed by atoms with van der Waals surface area (Å²) in [5.74, 6) is -1.08. The molecule has 0 atom stereocenters. The molecule has 1 saturated heterocycles. The maximum absolute atomic E-state index is 11.6. The first-order valence-corrected chi connectivity index (χ1v) is 5.52. The van der Waals surface area contributed by atoms with E-state index >= 15 is 0 Å². The van der Waals surface area contributed by atoms with E-state index in [0.29, 0.717) is 25.2 Å². The predicted octanol–water partition coefficient (Wildman–Crippen LogP) is -0.316. The fourth-order valence-electron chi connectivity index (χ4n) is 1.80. The number of carbonyl (C=O) groups excluding carboxylic acids is 2. The quantitative estimate of drug-likeness (QED) is 0.704. The molecule has 5 heteroatoms. The van der Waals surface area contributed by atoms with Gasteiger partial charge < -0.3 is 15.3 Å². The summed E-state index contributed by atoms with van der Waals surface area (Å²) in [5, 5.41) is 11.3. The molecule has 90 valence electrons. The topological polar surface area (TPSA) is 69.6 Å². The smallest absolute Gasteiger partial charge is 0.316 e. The van der Waals surface area contributed by atoms with Gasteiger partial charge in [0.15, 0.2) is 0 Å². The molecule has 2 N–H and O–H groups in total. The lowest BCUT2D eigenvalue weighted by molar-refractivity contribution is -0.138. The number of rotatable bonds is 3. The van der Waals surface area contributed by atoms with Crippen LogP contribution in [0, 0.1) is 0 Å². The van der Waals surface area contributed by atoms with Crippen LogP contribution in [0.4, 0.5) is 5.69 Å². The molecule has 1 fully saturated rings. The molecule has 0 spiro atoms. The number of aliphatic hydroxyl groups excluding tert-OH is 1. The van der Waals surface area contributed by atoms with Crippen molar-refractivity contribution in [1.82, 2.24) is 5.32 Å². The molecule has 0 aromatic heterocycles. The van der Waals surface area contributed by atoms with Crippen LogP contribution in [-0.4, -0.2) is 36.6 Å². The number of hydrogen-bond donors (Lipinski definition) is 2. The standard InChI is InChI=1S/C12H14N2O3/c15-8-5-9-1-3-10(4-2-9)14-7-6-13-11(16)12(14)17/h1-4,15H,5-8H2,(H,13,16). The van der Waals surface area contributed by atoms with E-state index in [1.54, 1.807) is 12.1 Å². The molecular formula is C12H14N2O3. The van der Waals surface area contributed by atoms with E-state index in [-0.39, 0.29) is 6.61 Å². The molecule has 0 radical (unpaired) electrons. The molecule has 0 unspecified atom stereocenters. The van der Waals surface area contributed by atoms with Crippen molar-refractivity contribution < 1.29 is 14.7 Å². The maximum Gasteiger partial charge on any atom is 0.316 e. The molecule has 1 aliphatic rings. The summed E-state index contributed by atoms with van der Waals surface area (Å²) in [4.78, 5) is 24.3. The van der Waals surface area contributed by atoms with E-state index in [4.69, 9.17) is 5.11 Å². The van der Waals surface area contributed by atoms with Gasteiger partial charge in [0.1, 0.15) is 0 Å². The number of anilines is 1. The van der Waals surface area contributed by atoms with E-state index in [9.17, 15) is 9.59 Å². The van der Waals surface area contributed by atoms with Crippen molar-refractivity contribution in [2.24, 2.45) is 0 Å². The average molecular weight is 234 g/mol. The van der Waals surface area contributed by atoms with E-state index in [1.807, 2.05) is 12.1 Å². The second kappa shape index (κ2) is 4.97. The highest BCUT2D eigenvalue weighted by Gasteiger charge is 2.26. The lowest BCUT2D eigenvalue weighted by Crippen LogP contribution is -2.52. The van der Waals surface area contributed by atoms with Gasteiger partial charge in [-0.25, -0.2) is 0 Å². The van der Waals surface area contributed by atoms with Crippen LogP contribution >= 0.6 is 0 Å². The molecule has 1 aromatic carbocycles. The number of piperazine rings is 1. The molecule has 0 saturated carbocycles. The van der Waals surface area contributed by atoms with Crippen LogP contribution in [-0.2, 0) is 16.0 Å². The van der Waals surface area contributed by atoms with Crippen molar-refractivity contribution in [3.63, 3.8) is 0 Å². The minimum Gasteiger partial charge on any atom is -0.396 e. The number of aliphatic hydroxyl groups is 1. The third kappa shape index (κ3) is 2.45. The summed E-state index contributed by atoms with van der Waals surface area (Å²) < 4.78 is 0. The van der Waals surface area contributed by atoms with Gasteiger partial charge in [0.25, 0.3) is 0 Å². The zero-order valence-corrected chi connectivity index (χ0v) is 9.35. The number of carbonyl (C=O) groups is 2. The normalized spacial score (nSPS) is 15.9. The van der Waals surface area contributed by atoms with Crippen LogP contribution in [0.15, 0.2) is 24.3 Å². The van der Waals surface area contributed by atoms with Crippen molar-refractivity contribution >= 4 is 17.5 Å². The van der Waals surface area contributed by atoms with Gasteiger partial charge in [-0.05, 0) is 24.1 Å². The Bertz CT molecular complexity index is 428. The third-order valence-electron chi connectivity index (χ3n) is 2.71. The van der Waals surface area contributed by atoms with E-state index < -0.39 is 11.8 Å². The van der Waals surface area contributed by atoms with Crippen LogP contribution in [0.5, 0.6) is 0 Å². The monoisotopic (exact) mass is 234 g/mol. The molecule has 5 nitrogen and oxygen atoms in total. The first-order chi connectivity index (χ1) is 8.22. The molecule has 1 heterocycles. The second-order valence-electron chi connectivity index (χ2n) is 3.85. The number of benzene rings is 1. The van der Waals surface area contributed by atoms with Crippen molar-refractivity contribution in [2.75, 3.05) is 24.6 Å². The number of nitrogens with zero attached hydrogens (tertiary/aromatic N) is 1. The Balaban J connectivity index is 2.16.